The lowest BCUT2D eigenvalue weighted by Crippen LogP contribution is -2.51. The topological polar surface area (TPSA) is 252 Å². The summed E-state index contributed by atoms with van der Waals surface area (Å²) < 4.78 is 63.5. The third kappa shape index (κ3) is 17.8. The van der Waals surface area contributed by atoms with Crippen molar-refractivity contribution >= 4 is 35.5 Å². The Kier molecular flexibility index (Phi) is 17.1. The minimum Gasteiger partial charge on any atom is -0.475 e. The summed E-state index contributed by atoms with van der Waals surface area (Å²) >= 11 is 0. The average Bonchev–Trinajstić information content (AvgIpc) is 2.96. The largest absolute Gasteiger partial charge is 0.490 e. The van der Waals surface area contributed by atoms with E-state index in [1.165, 1.54) is 0 Å². The van der Waals surface area contributed by atoms with E-state index >= 15 is 0 Å². The molecule has 0 spiro atoms. The summed E-state index contributed by atoms with van der Waals surface area (Å²) in [5.41, 5.74) is 19.1. The molecule has 254 valence electrons. The van der Waals surface area contributed by atoms with Gasteiger partial charge in [0.05, 0.1) is 6.04 Å². The standard InChI is InChI=1S/C23H30N6O3.2C2HF3O2/c24-18(11-8-15-4-2-1-3-5-15)22(31)29-19(12-13-20(25)30)23(32)28-14-16-6-9-17(10-7-16)21(26)27;2*3-2(4,5)1(6)7/h1-7,9-10,18-19H,8,11-14,24H2,(H2,25,30)(H3,26,27)(H,28,32)(H,29,31);2*(H,6,7)/t18-,19+;;/m1../s1. The molecular formula is C27H32F6N6O7. The summed E-state index contributed by atoms with van der Waals surface area (Å²) in [6.45, 7) is 0.208. The van der Waals surface area contributed by atoms with E-state index < -0.39 is 54.1 Å². The lowest BCUT2D eigenvalue weighted by molar-refractivity contribution is -0.193. The predicted octanol–water partition coefficient (Wildman–Crippen LogP) is 1.56. The Morgan fingerprint density at radius 2 is 1.24 bits per heavy atom. The summed E-state index contributed by atoms with van der Waals surface area (Å²) in [6, 6.07) is 14.8. The minimum atomic E-state index is -5.08. The molecule has 0 saturated carbocycles. The molecule has 0 heterocycles. The number of nitrogens with one attached hydrogen (secondary N) is 3. The highest BCUT2D eigenvalue weighted by atomic mass is 19.4. The van der Waals surface area contributed by atoms with E-state index in [2.05, 4.69) is 10.6 Å². The summed E-state index contributed by atoms with van der Waals surface area (Å²) in [6.07, 6.45) is -9.10. The van der Waals surface area contributed by atoms with Crippen LogP contribution in [0.4, 0.5) is 26.3 Å². The van der Waals surface area contributed by atoms with Gasteiger partial charge in [-0.25, -0.2) is 9.59 Å². The van der Waals surface area contributed by atoms with Crippen molar-refractivity contribution in [2.24, 2.45) is 17.2 Å². The molecule has 2 rings (SSSR count). The number of primary amides is 1. The normalized spacial score (nSPS) is 12.1. The third-order valence-corrected chi connectivity index (χ3v) is 5.45. The zero-order valence-electron chi connectivity index (χ0n) is 23.8. The van der Waals surface area contributed by atoms with Gasteiger partial charge in [-0.05, 0) is 30.4 Å². The van der Waals surface area contributed by atoms with Crippen LogP contribution >= 0.6 is 0 Å². The fraction of sp³-hybridized carbons (Fsp3) is 0.333. The first kappa shape index (κ1) is 40.8. The molecule has 0 fully saturated rings. The molecule has 13 nitrogen and oxygen atoms in total. The maximum Gasteiger partial charge on any atom is 0.490 e. The number of halogens is 6. The first-order chi connectivity index (χ1) is 21.1. The molecular weight excluding hydrogens is 634 g/mol. The smallest absolute Gasteiger partial charge is 0.475 e. The maximum atomic E-state index is 12.7. The van der Waals surface area contributed by atoms with Crippen molar-refractivity contribution in [3.05, 3.63) is 71.3 Å². The molecule has 2 aromatic carbocycles. The molecule has 0 aliphatic rings. The van der Waals surface area contributed by atoms with Crippen LogP contribution in [0.25, 0.3) is 0 Å². The number of carbonyl (C=O) groups is 5. The number of carboxylic acid groups (broad SMARTS) is 2. The molecule has 19 heteroatoms. The van der Waals surface area contributed by atoms with Gasteiger partial charge in [0.25, 0.3) is 0 Å². The van der Waals surface area contributed by atoms with E-state index in [-0.39, 0.29) is 25.2 Å². The molecule has 0 radical (unpaired) electrons. The second-order valence-electron chi connectivity index (χ2n) is 9.13. The van der Waals surface area contributed by atoms with Crippen molar-refractivity contribution in [3.63, 3.8) is 0 Å². The number of hydrogen-bond donors (Lipinski definition) is 8. The minimum absolute atomic E-state index is 0.0431. The van der Waals surface area contributed by atoms with E-state index in [1.54, 1.807) is 24.3 Å². The maximum absolute atomic E-state index is 12.7. The SMILES string of the molecule is N=C(N)c1ccc(CNC(=O)[C@H](CCC(N)=O)NC(=O)[C@H](N)CCc2ccccc2)cc1.O=C(O)C(F)(F)F.O=C(O)C(F)(F)F. The van der Waals surface area contributed by atoms with E-state index in [4.69, 9.17) is 42.4 Å². The number of carboxylic acids is 2. The molecule has 2 atom stereocenters. The number of amidine groups is 1. The van der Waals surface area contributed by atoms with Crippen LogP contribution in [0.5, 0.6) is 0 Å². The van der Waals surface area contributed by atoms with Crippen molar-refractivity contribution in [1.29, 1.82) is 5.41 Å². The van der Waals surface area contributed by atoms with Crippen LogP contribution in [-0.4, -0.2) is 70.1 Å². The van der Waals surface area contributed by atoms with E-state index in [1.807, 2.05) is 30.3 Å². The summed E-state index contributed by atoms with van der Waals surface area (Å²) in [5.74, 6) is -7.02. The van der Waals surface area contributed by atoms with Crippen molar-refractivity contribution in [2.75, 3.05) is 0 Å². The number of alkyl halides is 6. The molecule has 11 N–H and O–H groups in total. The molecule has 0 unspecified atom stereocenters. The number of benzene rings is 2. The van der Waals surface area contributed by atoms with Crippen molar-refractivity contribution < 1.29 is 60.5 Å². The molecule has 0 aliphatic heterocycles. The number of amides is 3. The van der Waals surface area contributed by atoms with Gasteiger partial charge in [-0.15, -0.1) is 0 Å². The Balaban J connectivity index is 0.00000120. The van der Waals surface area contributed by atoms with Gasteiger partial charge >= 0.3 is 24.3 Å². The van der Waals surface area contributed by atoms with Gasteiger partial charge in [-0.1, -0.05) is 54.6 Å². The summed E-state index contributed by atoms with van der Waals surface area (Å²) in [7, 11) is 0. The Morgan fingerprint density at radius 1 is 0.761 bits per heavy atom. The van der Waals surface area contributed by atoms with Gasteiger partial charge in [0.1, 0.15) is 11.9 Å². The predicted molar refractivity (Wildman–Crippen MR) is 150 cm³/mol. The monoisotopic (exact) mass is 666 g/mol. The Morgan fingerprint density at radius 3 is 1.65 bits per heavy atom. The van der Waals surface area contributed by atoms with Crippen LogP contribution < -0.4 is 27.8 Å². The van der Waals surface area contributed by atoms with Crippen molar-refractivity contribution in [1.82, 2.24) is 10.6 Å². The van der Waals surface area contributed by atoms with Gasteiger partial charge in [0.2, 0.25) is 17.7 Å². The van der Waals surface area contributed by atoms with Gasteiger partial charge in [-0.2, -0.15) is 26.3 Å². The van der Waals surface area contributed by atoms with E-state index in [0.717, 1.165) is 11.1 Å². The number of nitrogen functional groups attached to an aromatic ring is 1. The van der Waals surface area contributed by atoms with Crippen LogP contribution in [0.15, 0.2) is 54.6 Å². The molecule has 2 aromatic rings. The number of nitrogens with two attached hydrogens (primary N) is 3. The van der Waals surface area contributed by atoms with Crippen LogP contribution in [0.3, 0.4) is 0 Å². The van der Waals surface area contributed by atoms with Crippen LogP contribution in [0, 0.1) is 5.41 Å². The summed E-state index contributed by atoms with van der Waals surface area (Å²) in [5, 5.41) is 27.0. The van der Waals surface area contributed by atoms with Crippen LogP contribution in [0.2, 0.25) is 0 Å². The number of rotatable bonds is 12. The quantitative estimate of drug-likeness (QED) is 0.0928. The molecule has 0 aromatic heterocycles. The molecule has 0 bridgehead atoms. The number of aliphatic carboxylic acids is 2. The lowest BCUT2D eigenvalue weighted by Gasteiger charge is -2.20. The van der Waals surface area contributed by atoms with Crippen molar-refractivity contribution in [3.8, 4) is 0 Å². The fourth-order valence-electron chi connectivity index (χ4n) is 3.05. The zero-order valence-corrected chi connectivity index (χ0v) is 23.8. The molecule has 0 aliphatic carbocycles. The Labute approximate surface area is 257 Å². The van der Waals surface area contributed by atoms with Gasteiger partial charge < -0.3 is 38.0 Å². The fourth-order valence-corrected chi connectivity index (χ4v) is 3.05. The van der Waals surface area contributed by atoms with E-state index in [0.29, 0.717) is 18.4 Å². The second-order valence-corrected chi connectivity index (χ2v) is 9.13. The Hall–Kier alpha value is -5.20. The van der Waals surface area contributed by atoms with Crippen molar-refractivity contribution in [2.45, 2.75) is 56.7 Å². The molecule has 46 heavy (non-hydrogen) atoms. The van der Waals surface area contributed by atoms with Crippen LogP contribution in [0.1, 0.15) is 36.0 Å². The van der Waals surface area contributed by atoms with Crippen LogP contribution in [-0.2, 0) is 36.9 Å². The highest BCUT2D eigenvalue weighted by Crippen LogP contribution is 2.14. The first-order valence-electron chi connectivity index (χ1n) is 12.8. The molecule has 3 amide bonds. The average molecular weight is 667 g/mol. The number of carbonyl (C=O) groups excluding carboxylic acids is 3. The zero-order chi connectivity index (χ0) is 35.7. The molecule has 0 saturated heterocycles. The summed E-state index contributed by atoms with van der Waals surface area (Å²) in [4.78, 5) is 54.2. The Bertz CT molecular complexity index is 1300. The highest BCUT2D eigenvalue weighted by Gasteiger charge is 2.38. The second kappa shape index (κ2) is 19.2. The lowest BCUT2D eigenvalue weighted by atomic mass is 10.0. The van der Waals surface area contributed by atoms with Gasteiger partial charge in [-0.3, -0.25) is 19.8 Å². The first-order valence-corrected chi connectivity index (χ1v) is 12.8. The van der Waals surface area contributed by atoms with Gasteiger partial charge in [0, 0.05) is 18.5 Å². The highest BCUT2D eigenvalue weighted by molar-refractivity contribution is 5.95. The third-order valence-electron chi connectivity index (χ3n) is 5.45. The van der Waals surface area contributed by atoms with Gasteiger partial charge in [0.15, 0.2) is 0 Å². The van der Waals surface area contributed by atoms with E-state index in [9.17, 15) is 40.7 Å². The number of aryl methyl sites for hydroxylation is 1. The number of hydrogen-bond acceptors (Lipinski definition) is 7.